The number of aromatic nitrogens is 2. The van der Waals surface area contributed by atoms with Gasteiger partial charge in [0.05, 0.1) is 17.8 Å². The number of aryl methyl sites for hydroxylation is 1. The standard InChI is InChI=1S/C21H24F2N4OS/c1-11-17(28)10-27(11)20-24-18(14-7-8-21(22,23)19(14)25-20)13-4-3-12-5-6-16(26-29-2)15(12)9-13/h3-4,9,11,16-17,26,28H,5-8,10H2,1-2H3/t11-,16?,17?/m0/s1. The lowest BCUT2D eigenvalue weighted by atomic mass is 9.99. The summed E-state index contributed by atoms with van der Waals surface area (Å²) in [5.74, 6) is -2.65. The molecule has 2 unspecified atom stereocenters. The first kappa shape index (κ1) is 19.2. The van der Waals surface area contributed by atoms with E-state index < -0.39 is 12.0 Å². The molecule has 2 N–H and O–H groups in total. The summed E-state index contributed by atoms with van der Waals surface area (Å²) in [5.41, 5.74) is 4.41. The second kappa shape index (κ2) is 6.89. The van der Waals surface area contributed by atoms with E-state index in [4.69, 9.17) is 4.98 Å². The molecular weight excluding hydrogens is 394 g/mol. The van der Waals surface area contributed by atoms with E-state index in [2.05, 4.69) is 21.8 Å². The van der Waals surface area contributed by atoms with Crippen LogP contribution < -0.4 is 9.62 Å². The number of hydrogen-bond donors (Lipinski definition) is 2. The third kappa shape index (κ3) is 3.04. The first-order chi connectivity index (χ1) is 13.9. The number of aliphatic hydroxyl groups excluding tert-OH is 1. The van der Waals surface area contributed by atoms with Crippen molar-refractivity contribution >= 4 is 17.9 Å². The van der Waals surface area contributed by atoms with Gasteiger partial charge in [0.15, 0.2) is 0 Å². The Labute approximate surface area is 173 Å². The van der Waals surface area contributed by atoms with Crippen molar-refractivity contribution in [1.29, 1.82) is 0 Å². The minimum Gasteiger partial charge on any atom is -0.389 e. The number of benzene rings is 1. The van der Waals surface area contributed by atoms with Gasteiger partial charge in [-0.1, -0.05) is 24.1 Å². The fourth-order valence-electron chi connectivity index (χ4n) is 4.65. The fraction of sp³-hybridized carbons (Fsp3) is 0.524. The molecule has 3 aliphatic rings. The number of rotatable bonds is 4. The first-order valence-corrected chi connectivity index (χ1v) is 11.3. The van der Waals surface area contributed by atoms with Crippen LogP contribution in [0.15, 0.2) is 18.2 Å². The summed E-state index contributed by atoms with van der Waals surface area (Å²) in [6.07, 6.45) is 3.63. The second-order valence-corrected chi connectivity index (χ2v) is 8.83. The Balaban J connectivity index is 1.62. The smallest absolute Gasteiger partial charge is 0.290 e. The normalized spacial score (nSPS) is 26.9. The monoisotopic (exact) mass is 418 g/mol. The van der Waals surface area contributed by atoms with Crippen molar-refractivity contribution in [1.82, 2.24) is 14.7 Å². The number of halogens is 2. The highest BCUT2D eigenvalue weighted by molar-refractivity contribution is 7.96. The van der Waals surface area contributed by atoms with E-state index in [1.807, 2.05) is 19.2 Å². The quantitative estimate of drug-likeness (QED) is 0.740. The molecule has 29 heavy (non-hydrogen) atoms. The zero-order valence-electron chi connectivity index (χ0n) is 16.5. The molecule has 0 saturated carbocycles. The molecular formula is C21H24F2N4OS. The van der Waals surface area contributed by atoms with Crippen molar-refractivity contribution in [3.05, 3.63) is 40.6 Å². The number of nitrogens with zero attached hydrogens (tertiary/aromatic N) is 3. The van der Waals surface area contributed by atoms with Crippen LogP contribution >= 0.6 is 11.9 Å². The van der Waals surface area contributed by atoms with Crippen LogP contribution in [0.1, 0.15) is 48.2 Å². The van der Waals surface area contributed by atoms with E-state index in [0.29, 0.717) is 17.8 Å². The topological polar surface area (TPSA) is 61.3 Å². The summed E-state index contributed by atoms with van der Waals surface area (Å²) >= 11 is 1.60. The molecule has 154 valence electrons. The number of alkyl halides is 2. The van der Waals surface area contributed by atoms with E-state index in [9.17, 15) is 13.9 Å². The predicted molar refractivity (Wildman–Crippen MR) is 110 cm³/mol. The maximum Gasteiger partial charge on any atom is 0.290 e. The van der Waals surface area contributed by atoms with Crippen molar-refractivity contribution in [3.63, 3.8) is 0 Å². The van der Waals surface area contributed by atoms with Gasteiger partial charge in [-0.2, -0.15) is 8.78 Å². The summed E-state index contributed by atoms with van der Waals surface area (Å²) in [4.78, 5) is 10.8. The van der Waals surface area contributed by atoms with Crippen LogP contribution in [-0.2, 0) is 18.8 Å². The Morgan fingerprint density at radius 3 is 2.83 bits per heavy atom. The van der Waals surface area contributed by atoms with Gasteiger partial charge < -0.3 is 10.0 Å². The van der Waals surface area contributed by atoms with Crippen LogP contribution in [0.25, 0.3) is 11.3 Å². The van der Waals surface area contributed by atoms with E-state index in [-0.39, 0.29) is 36.6 Å². The average Bonchev–Trinajstić information content (AvgIpc) is 3.25. The molecule has 3 atom stereocenters. The lowest BCUT2D eigenvalue weighted by Crippen LogP contribution is -2.59. The van der Waals surface area contributed by atoms with E-state index in [1.165, 1.54) is 11.1 Å². The Morgan fingerprint density at radius 2 is 2.10 bits per heavy atom. The molecule has 8 heteroatoms. The maximum atomic E-state index is 14.6. The number of aliphatic hydroxyl groups is 1. The van der Waals surface area contributed by atoms with Gasteiger partial charge in [0.25, 0.3) is 5.92 Å². The van der Waals surface area contributed by atoms with Crippen LogP contribution in [0.5, 0.6) is 0 Å². The molecule has 2 aromatic rings. The highest BCUT2D eigenvalue weighted by atomic mass is 32.2. The lowest BCUT2D eigenvalue weighted by molar-refractivity contribution is -0.00603. The van der Waals surface area contributed by atoms with Gasteiger partial charge in [-0.25, -0.2) is 9.97 Å². The fourth-order valence-corrected chi connectivity index (χ4v) is 5.18. The van der Waals surface area contributed by atoms with Crippen molar-refractivity contribution in [2.24, 2.45) is 0 Å². The Bertz CT molecular complexity index is 968. The molecule has 5 nitrogen and oxygen atoms in total. The van der Waals surface area contributed by atoms with Crippen molar-refractivity contribution in [2.45, 2.75) is 56.7 Å². The molecule has 1 aromatic heterocycles. The molecule has 1 saturated heterocycles. The minimum absolute atomic E-state index is 0.148. The van der Waals surface area contributed by atoms with E-state index in [1.54, 1.807) is 16.8 Å². The summed E-state index contributed by atoms with van der Waals surface area (Å²) in [6, 6.07) is 6.29. The van der Waals surface area contributed by atoms with Crippen LogP contribution in [0.4, 0.5) is 14.7 Å². The Kier molecular flexibility index (Phi) is 4.56. The Morgan fingerprint density at radius 1 is 1.28 bits per heavy atom. The van der Waals surface area contributed by atoms with Crippen LogP contribution in [-0.4, -0.2) is 40.0 Å². The molecule has 0 bridgehead atoms. The molecule has 1 aromatic carbocycles. The van der Waals surface area contributed by atoms with Gasteiger partial charge in [0.2, 0.25) is 5.95 Å². The molecule has 0 radical (unpaired) electrons. The van der Waals surface area contributed by atoms with Crippen molar-refractivity contribution in [3.8, 4) is 11.3 Å². The SMILES string of the molecule is CSNC1CCc2ccc(-c3nc(N4CC(O)[C@@H]4C)nc4c3CCC4(F)F)cc21. The molecule has 2 heterocycles. The largest absolute Gasteiger partial charge is 0.389 e. The highest BCUT2D eigenvalue weighted by Crippen LogP contribution is 2.45. The van der Waals surface area contributed by atoms with E-state index in [0.717, 1.165) is 18.4 Å². The third-order valence-electron chi connectivity index (χ3n) is 6.48. The summed E-state index contributed by atoms with van der Waals surface area (Å²) in [5, 5.41) is 9.86. The van der Waals surface area contributed by atoms with Crippen LogP contribution in [0.2, 0.25) is 0 Å². The number of nitrogens with one attached hydrogen (secondary N) is 1. The number of fused-ring (bicyclic) bond motifs is 2. The number of hydrogen-bond acceptors (Lipinski definition) is 6. The number of anilines is 1. The molecule has 0 amide bonds. The van der Waals surface area contributed by atoms with Gasteiger partial charge in [-0.05, 0) is 49.6 Å². The van der Waals surface area contributed by atoms with Gasteiger partial charge >= 0.3 is 0 Å². The van der Waals surface area contributed by atoms with Gasteiger partial charge in [-0.3, -0.25) is 4.72 Å². The zero-order valence-corrected chi connectivity index (χ0v) is 17.3. The minimum atomic E-state index is -2.94. The van der Waals surface area contributed by atoms with Crippen LogP contribution in [0.3, 0.4) is 0 Å². The first-order valence-electron chi connectivity index (χ1n) is 10.0. The predicted octanol–water partition coefficient (Wildman–Crippen LogP) is 3.61. The summed E-state index contributed by atoms with van der Waals surface area (Å²) < 4.78 is 32.6. The maximum absolute atomic E-state index is 14.6. The van der Waals surface area contributed by atoms with E-state index >= 15 is 0 Å². The van der Waals surface area contributed by atoms with Gasteiger partial charge in [0, 0.05) is 30.1 Å². The molecule has 1 aliphatic heterocycles. The summed E-state index contributed by atoms with van der Waals surface area (Å²) in [7, 11) is 0. The highest BCUT2D eigenvalue weighted by Gasteiger charge is 2.45. The second-order valence-electron chi connectivity index (χ2n) is 8.19. The lowest BCUT2D eigenvalue weighted by Gasteiger charge is -2.43. The van der Waals surface area contributed by atoms with Crippen molar-refractivity contribution < 1.29 is 13.9 Å². The average molecular weight is 419 g/mol. The van der Waals surface area contributed by atoms with Gasteiger partial charge in [0.1, 0.15) is 5.69 Å². The Hall–Kier alpha value is -1.77. The van der Waals surface area contributed by atoms with Crippen LogP contribution in [0, 0.1) is 0 Å². The van der Waals surface area contributed by atoms with Gasteiger partial charge in [-0.15, -0.1) is 0 Å². The molecule has 5 rings (SSSR count). The zero-order chi connectivity index (χ0) is 20.3. The molecule has 2 aliphatic carbocycles. The molecule has 0 spiro atoms. The molecule has 1 fully saturated rings. The van der Waals surface area contributed by atoms with Crippen molar-refractivity contribution in [2.75, 3.05) is 17.7 Å². The number of β-amino-alcohol motifs (C(OH)–C–C–N with tert-alkyl or cyclic N) is 1. The third-order valence-corrected chi connectivity index (χ3v) is 7.00. The summed E-state index contributed by atoms with van der Waals surface area (Å²) in [6.45, 7) is 2.23.